The molecule has 2 N–H and O–H groups in total. The van der Waals surface area contributed by atoms with Gasteiger partial charge in [-0.05, 0) is 20.3 Å². The summed E-state index contributed by atoms with van der Waals surface area (Å²) in [5, 5.41) is 13.6. The van der Waals surface area contributed by atoms with Crippen molar-refractivity contribution in [2.75, 3.05) is 0 Å². The van der Waals surface area contributed by atoms with Crippen LogP contribution in [0.15, 0.2) is 9.32 Å². The van der Waals surface area contributed by atoms with Crippen LogP contribution in [0.2, 0.25) is 0 Å². The molecule has 0 bridgehead atoms. The Morgan fingerprint density at radius 2 is 2.11 bits per heavy atom. The molecule has 2 rings (SSSR count). The van der Waals surface area contributed by atoms with Gasteiger partial charge in [0.15, 0.2) is 0 Å². The van der Waals surface area contributed by atoms with Gasteiger partial charge in [-0.2, -0.15) is 4.98 Å². The van der Waals surface area contributed by atoms with Crippen LogP contribution in [0.3, 0.4) is 0 Å². The molecule has 0 aliphatic heterocycles. The lowest BCUT2D eigenvalue weighted by Gasteiger charge is -2.04. The number of nitrogens with one attached hydrogen (secondary N) is 1. The third kappa shape index (κ3) is 2.01. The first-order valence-corrected chi connectivity index (χ1v) is 5.80. The quantitative estimate of drug-likeness (QED) is 0.863. The van der Waals surface area contributed by atoms with Crippen LogP contribution in [-0.4, -0.2) is 20.2 Å². The maximum absolute atomic E-state index is 11.9. The fraction of sp³-hybridized carbons (Fsp3) is 0.417. The third-order valence-electron chi connectivity index (χ3n) is 2.76. The first-order chi connectivity index (χ1) is 8.54. The minimum Gasteiger partial charge on any atom is -0.493 e. The van der Waals surface area contributed by atoms with E-state index in [1.807, 2.05) is 6.92 Å². The Kier molecular flexibility index (Phi) is 3.18. The van der Waals surface area contributed by atoms with E-state index in [9.17, 15) is 9.90 Å². The van der Waals surface area contributed by atoms with Gasteiger partial charge < -0.3 is 14.6 Å². The predicted octanol–water partition coefficient (Wildman–Crippen LogP) is 1.70. The molecule has 2 heterocycles. The normalized spacial score (nSPS) is 10.8. The first kappa shape index (κ1) is 12.3. The number of nitrogens with zero attached hydrogens (tertiary/aromatic N) is 2. The van der Waals surface area contributed by atoms with Crippen molar-refractivity contribution in [2.45, 2.75) is 33.6 Å². The summed E-state index contributed by atoms with van der Waals surface area (Å²) in [4.78, 5) is 18.5. The number of aromatic amines is 1. The first-order valence-electron chi connectivity index (χ1n) is 5.80. The van der Waals surface area contributed by atoms with Crippen LogP contribution in [0.4, 0.5) is 0 Å². The average molecular weight is 249 g/mol. The fourth-order valence-corrected chi connectivity index (χ4v) is 1.90. The van der Waals surface area contributed by atoms with Gasteiger partial charge in [0.25, 0.3) is 5.56 Å². The average Bonchev–Trinajstić information content (AvgIpc) is 2.63. The Morgan fingerprint density at radius 1 is 1.39 bits per heavy atom. The molecule has 2 aromatic heterocycles. The molecule has 0 aliphatic carbocycles. The molecule has 0 spiro atoms. The van der Waals surface area contributed by atoms with Crippen LogP contribution in [0.1, 0.15) is 30.4 Å². The molecule has 96 valence electrons. The summed E-state index contributed by atoms with van der Waals surface area (Å²) < 4.78 is 5.01. The topological polar surface area (TPSA) is 92.0 Å². The van der Waals surface area contributed by atoms with Gasteiger partial charge in [-0.1, -0.05) is 18.5 Å². The highest BCUT2D eigenvalue weighted by Crippen LogP contribution is 2.24. The van der Waals surface area contributed by atoms with E-state index in [1.54, 1.807) is 13.8 Å². The summed E-state index contributed by atoms with van der Waals surface area (Å²) in [7, 11) is 0. The van der Waals surface area contributed by atoms with Gasteiger partial charge in [-0.25, -0.2) is 0 Å². The van der Waals surface area contributed by atoms with E-state index >= 15 is 0 Å². The maximum Gasteiger partial charge on any atom is 0.258 e. The van der Waals surface area contributed by atoms with Crippen molar-refractivity contribution < 1.29 is 9.63 Å². The van der Waals surface area contributed by atoms with Gasteiger partial charge in [0.05, 0.1) is 16.8 Å². The Bertz CT molecular complexity index is 608. The Balaban J connectivity index is 2.59. The summed E-state index contributed by atoms with van der Waals surface area (Å²) >= 11 is 0. The van der Waals surface area contributed by atoms with Crippen LogP contribution in [0.25, 0.3) is 11.4 Å². The van der Waals surface area contributed by atoms with E-state index < -0.39 is 0 Å². The zero-order valence-corrected chi connectivity index (χ0v) is 10.6. The van der Waals surface area contributed by atoms with Crippen LogP contribution < -0.4 is 5.56 Å². The van der Waals surface area contributed by atoms with Gasteiger partial charge in [0, 0.05) is 0 Å². The van der Waals surface area contributed by atoms with Gasteiger partial charge >= 0.3 is 0 Å². The fourth-order valence-electron chi connectivity index (χ4n) is 1.90. The molecule has 0 atom stereocenters. The van der Waals surface area contributed by atoms with Crippen molar-refractivity contribution >= 4 is 0 Å². The zero-order chi connectivity index (χ0) is 13.3. The van der Waals surface area contributed by atoms with Gasteiger partial charge in [-0.15, -0.1) is 0 Å². The summed E-state index contributed by atoms with van der Waals surface area (Å²) in [6.45, 7) is 5.41. The Labute approximate surface area is 104 Å². The second-order valence-electron chi connectivity index (χ2n) is 4.17. The predicted molar refractivity (Wildman–Crippen MR) is 65.5 cm³/mol. The number of H-pyrrole nitrogens is 1. The van der Waals surface area contributed by atoms with Crippen molar-refractivity contribution in [1.82, 2.24) is 15.1 Å². The minimum atomic E-state index is -0.320. The van der Waals surface area contributed by atoms with Crippen molar-refractivity contribution in [2.24, 2.45) is 0 Å². The number of aryl methyl sites for hydroxylation is 2. The lowest BCUT2D eigenvalue weighted by molar-refractivity contribution is 0.393. The Hall–Kier alpha value is -2.11. The van der Waals surface area contributed by atoms with E-state index in [4.69, 9.17) is 4.52 Å². The summed E-state index contributed by atoms with van der Waals surface area (Å²) in [5.41, 5.74) is 1.23. The lowest BCUT2D eigenvalue weighted by Crippen LogP contribution is -2.15. The highest BCUT2D eigenvalue weighted by Gasteiger charge is 2.17. The Morgan fingerprint density at radius 3 is 2.61 bits per heavy atom. The second-order valence-corrected chi connectivity index (χ2v) is 4.17. The molecule has 0 amide bonds. The number of aromatic nitrogens is 3. The monoisotopic (exact) mass is 249 g/mol. The highest BCUT2D eigenvalue weighted by atomic mass is 16.5. The molecule has 0 aliphatic rings. The third-order valence-corrected chi connectivity index (χ3v) is 2.76. The number of aromatic hydroxyl groups is 1. The molecule has 6 heteroatoms. The van der Waals surface area contributed by atoms with E-state index in [1.165, 1.54) is 0 Å². The maximum atomic E-state index is 11.9. The van der Waals surface area contributed by atoms with Crippen molar-refractivity contribution in [1.29, 1.82) is 0 Å². The minimum absolute atomic E-state index is 0.226. The SMILES string of the molecule is CCCc1c(O)nc(-c2c(C)noc2C)[nH]c1=O. The standard InChI is InChI=1S/C12H15N3O3/c1-4-5-8-11(16)13-10(14-12(8)17)9-6(2)15-18-7(9)3/h4-5H2,1-3H3,(H2,13,14,16,17). The van der Waals surface area contributed by atoms with Crippen molar-refractivity contribution in [3.8, 4) is 17.3 Å². The molecule has 0 saturated carbocycles. The molecule has 0 unspecified atom stereocenters. The largest absolute Gasteiger partial charge is 0.493 e. The van der Waals surface area contributed by atoms with Gasteiger partial charge in [0.2, 0.25) is 5.88 Å². The van der Waals surface area contributed by atoms with E-state index in [2.05, 4.69) is 15.1 Å². The molecular formula is C12H15N3O3. The molecule has 0 radical (unpaired) electrons. The van der Waals surface area contributed by atoms with E-state index in [-0.39, 0.29) is 17.3 Å². The summed E-state index contributed by atoms with van der Waals surface area (Å²) in [6, 6.07) is 0. The number of rotatable bonds is 3. The van der Waals surface area contributed by atoms with Crippen LogP contribution in [0, 0.1) is 13.8 Å². The van der Waals surface area contributed by atoms with Crippen molar-refractivity contribution in [3.63, 3.8) is 0 Å². The molecule has 0 saturated heterocycles. The molecule has 6 nitrogen and oxygen atoms in total. The zero-order valence-electron chi connectivity index (χ0n) is 10.6. The van der Waals surface area contributed by atoms with Crippen molar-refractivity contribution in [3.05, 3.63) is 27.4 Å². The molecule has 18 heavy (non-hydrogen) atoms. The highest BCUT2D eigenvalue weighted by molar-refractivity contribution is 5.60. The lowest BCUT2D eigenvalue weighted by atomic mass is 10.1. The smallest absolute Gasteiger partial charge is 0.258 e. The summed E-state index contributed by atoms with van der Waals surface area (Å²) in [5.74, 6) is 0.613. The van der Waals surface area contributed by atoms with Gasteiger partial charge in [-0.3, -0.25) is 4.79 Å². The molecule has 0 fully saturated rings. The molecule has 0 aromatic carbocycles. The molecule has 2 aromatic rings. The van der Waals surface area contributed by atoms with Crippen LogP contribution in [-0.2, 0) is 6.42 Å². The molecular weight excluding hydrogens is 234 g/mol. The van der Waals surface area contributed by atoms with Crippen LogP contribution in [0.5, 0.6) is 5.88 Å². The van der Waals surface area contributed by atoms with Crippen LogP contribution >= 0.6 is 0 Å². The second kappa shape index (κ2) is 4.64. The van der Waals surface area contributed by atoms with E-state index in [0.717, 1.165) is 6.42 Å². The summed E-state index contributed by atoms with van der Waals surface area (Å²) in [6.07, 6.45) is 1.26. The van der Waals surface area contributed by atoms with Gasteiger partial charge in [0.1, 0.15) is 11.6 Å². The number of hydrogen-bond acceptors (Lipinski definition) is 5. The van der Waals surface area contributed by atoms with E-state index in [0.29, 0.717) is 29.0 Å². The number of hydrogen-bond donors (Lipinski definition) is 2.